The molecule has 5 nitrogen and oxygen atoms in total. The van der Waals surface area contributed by atoms with E-state index in [-0.39, 0.29) is 18.6 Å². The van der Waals surface area contributed by atoms with Crippen LogP contribution in [0.3, 0.4) is 0 Å². The zero-order valence-electron chi connectivity index (χ0n) is 16.5. The van der Waals surface area contributed by atoms with Gasteiger partial charge in [-0.3, -0.25) is 9.78 Å². The fourth-order valence-electron chi connectivity index (χ4n) is 3.46. The zero-order chi connectivity index (χ0) is 19.6. The van der Waals surface area contributed by atoms with Crippen LogP contribution in [-0.2, 0) is 22.4 Å². The topological polar surface area (TPSA) is 68.3 Å². The predicted molar refractivity (Wildman–Crippen MR) is 106 cm³/mol. The van der Waals surface area contributed by atoms with Crippen LogP contribution in [0.5, 0.6) is 0 Å². The van der Waals surface area contributed by atoms with Crippen LogP contribution in [0, 0.1) is 11.8 Å². The Morgan fingerprint density at radius 2 is 2.00 bits per heavy atom. The fraction of sp³-hybridized carbons (Fsp3) is 0.500. The highest BCUT2D eigenvalue weighted by Gasteiger charge is 2.26. The molecule has 1 aromatic carbocycles. The molecule has 1 amide bonds. The number of nitrogens with zero attached hydrogens (tertiary/aromatic N) is 1. The number of nitrogens with one attached hydrogen (secondary N) is 1. The number of hydrogen-bond acceptors (Lipinski definition) is 4. The van der Waals surface area contributed by atoms with E-state index < -0.39 is 5.97 Å². The van der Waals surface area contributed by atoms with Gasteiger partial charge in [-0.25, -0.2) is 4.79 Å². The Balaban J connectivity index is 1.85. The van der Waals surface area contributed by atoms with E-state index in [1.165, 1.54) is 0 Å². The van der Waals surface area contributed by atoms with Crippen molar-refractivity contribution in [3.63, 3.8) is 0 Å². The summed E-state index contributed by atoms with van der Waals surface area (Å²) in [4.78, 5) is 29.8. The van der Waals surface area contributed by atoms with Crippen LogP contribution in [0.2, 0.25) is 0 Å². The minimum Gasteiger partial charge on any atom is -0.452 e. The minimum absolute atomic E-state index is 0.0339. The molecular weight excluding hydrogens is 340 g/mol. The average Bonchev–Trinajstić information content (AvgIpc) is 2.64. The fourth-order valence-corrected chi connectivity index (χ4v) is 3.46. The lowest BCUT2D eigenvalue weighted by Gasteiger charge is -2.24. The molecule has 0 fully saturated rings. The molecule has 0 bridgehead atoms. The first-order chi connectivity index (χ1) is 12.9. The third-order valence-electron chi connectivity index (χ3n) is 5.43. The summed E-state index contributed by atoms with van der Waals surface area (Å²) in [5.74, 6) is 0.112. The van der Waals surface area contributed by atoms with Crippen LogP contribution in [-0.4, -0.2) is 29.5 Å². The molecule has 1 aliphatic carbocycles. The quantitative estimate of drug-likeness (QED) is 0.818. The molecule has 0 radical (unpaired) electrons. The van der Waals surface area contributed by atoms with Gasteiger partial charge in [-0.15, -0.1) is 0 Å². The maximum atomic E-state index is 12.9. The average molecular weight is 368 g/mol. The summed E-state index contributed by atoms with van der Waals surface area (Å²) in [6.45, 7) is 7.93. The summed E-state index contributed by atoms with van der Waals surface area (Å²) in [6, 6.07) is 7.67. The molecule has 2 aromatic rings. The number of rotatable bonds is 5. The summed E-state index contributed by atoms with van der Waals surface area (Å²) < 4.78 is 5.40. The molecule has 0 spiro atoms. The van der Waals surface area contributed by atoms with E-state index >= 15 is 0 Å². The lowest BCUT2D eigenvalue weighted by molar-refractivity contribution is -0.125. The number of aromatic nitrogens is 1. The summed E-state index contributed by atoms with van der Waals surface area (Å²) in [5.41, 5.74) is 3.34. The van der Waals surface area contributed by atoms with Gasteiger partial charge in [0.25, 0.3) is 5.91 Å². The highest BCUT2D eigenvalue weighted by molar-refractivity contribution is 6.05. The number of carbonyl (C=O) groups excluding carboxylic acids is 2. The third kappa shape index (κ3) is 4.29. The second-order valence-electron chi connectivity index (χ2n) is 7.95. The predicted octanol–water partition coefficient (Wildman–Crippen LogP) is 3.68. The number of hydrogen-bond donors (Lipinski definition) is 1. The highest BCUT2D eigenvalue weighted by Crippen LogP contribution is 2.31. The lowest BCUT2D eigenvalue weighted by atomic mass is 9.84. The summed E-state index contributed by atoms with van der Waals surface area (Å²) in [6.07, 6.45) is 2.75. The van der Waals surface area contributed by atoms with E-state index in [2.05, 4.69) is 12.2 Å². The van der Waals surface area contributed by atoms with Crippen LogP contribution < -0.4 is 5.32 Å². The van der Waals surface area contributed by atoms with Crippen molar-refractivity contribution in [2.45, 2.75) is 53.0 Å². The van der Waals surface area contributed by atoms with Crippen molar-refractivity contribution in [3.8, 4) is 0 Å². The van der Waals surface area contributed by atoms with Crippen molar-refractivity contribution in [2.24, 2.45) is 11.8 Å². The largest absolute Gasteiger partial charge is 0.452 e. The molecule has 2 atom stereocenters. The first kappa shape index (κ1) is 19.3. The van der Waals surface area contributed by atoms with Crippen LogP contribution in [0.15, 0.2) is 24.3 Å². The van der Waals surface area contributed by atoms with E-state index in [0.29, 0.717) is 17.4 Å². The van der Waals surface area contributed by atoms with Gasteiger partial charge in [-0.05, 0) is 49.7 Å². The van der Waals surface area contributed by atoms with E-state index in [1.54, 1.807) is 0 Å². The molecule has 0 saturated carbocycles. The lowest BCUT2D eigenvalue weighted by Crippen LogP contribution is -2.38. The maximum absolute atomic E-state index is 12.9. The summed E-state index contributed by atoms with van der Waals surface area (Å²) >= 11 is 0. The standard InChI is InChI=1S/C22H28N2O3/c1-13(2)15(4)23-20(25)12-27-22(26)21-16-7-5-6-8-18(16)24-19-10-9-14(3)11-17(19)21/h5-8,13-15H,9-12H2,1-4H3,(H,23,25)/t14-,15+/m1/s1. The number of amides is 1. The summed E-state index contributed by atoms with van der Waals surface area (Å²) in [7, 11) is 0. The van der Waals surface area contributed by atoms with Crippen molar-refractivity contribution >= 4 is 22.8 Å². The van der Waals surface area contributed by atoms with Gasteiger partial charge in [0.05, 0.1) is 11.1 Å². The van der Waals surface area contributed by atoms with Gasteiger partial charge in [0, 0.05) is 17.1 Å². The normalized spacial score (nSPS) is 17.4. The number of benzene rings is 1. The Kier molecular flexibility index (Phi) is 5.78. The Morgan fingerprint density at radius 3 is 2.74 bits per heavy atom. The van der Waals surface area contributed by atoms with E-state index in [0.717, 1.165) is 41.4 Å². The Bertz CT molecular complexity index is 860. The number of aryl methyl sites for hydroxylation is 1. The van der Waals surface area contributed by atoms with Gasteiger partial charge in [-0.1, -0.05) is 39.0 Å². The Labute approximate surface area is 160 Å². The molecule has 1 N–H and O–H groups in total. The second kappa shape index (κ2) is 8.07. The SMILES string of the molecule is CC(C)[C@H](C)NC(=O)COC(=O)c1c2c(nc3ccccc13)CC[C@@H](C)C2. The number of para-hydroxylation sites is 1. The monoisotopic (exact) mass is 368 g/mol. The van der Waals surface area contributed by atoms with E-state index in [9.17, 15) is 9.59 Å². The van der Waals surface area contributed by atoms with Crippen LogP contribution in [0.25, 0.3) is 10.9 Å². The first-order valence-corrected chi connectivity index (χ1v) is 9.73. The molecule has 1 heterocycles. The molecule has 0 saturated heterocycles. The van der Waals surface area contributed by atoms with E-state index in [4.69, 9.17) is 9.72 Å². The van der Waals surface area contributed by atoms with Gasteiger partial charge >= 0.3 is 5.97 Å². The molecule has 5 heteroatoms. The molecule has 3 rings (SSSR count). The molecule has 1 aliphatic rings. The first-order valence-electron chi connectivity index (χ1n) is 9.73. The van der Waals surface area contributed by atoms with Crippen LogP contribution in [0.4, 0.5) is 0 Å². The minimum atomic E-state index is -0.439. The van der Waals surface area contributed by atoms with Gasteiger partial charge in [0.1, 0.15) is 0 Å². The number of fused-ring (bicyclic) bond motifs is 2. The van der Waals surface area contributed by atoms with Gasteiger partial charge < -0.3 is 10.1 Å². The Morgan fingerprint density at radius 1 is 1.26 bits per heavy atom. The number of pyridine rings is 1. The van der Waals surface area contributed by atoms with Crippen molar-refractivity contribution in [1.29, 1.82) is 0 Å². The molecule has 0 aliphatic heterocycles. The molecule has 1 aromatic heterocycles. The third-order valence-corrected chi connectivity index (χ3v) is 5.43. The zero-order valence-corrected chi connectivity index (χ0v) is 16.5. The van der Waals surface area contributed by atoms with Crippen molar-refractivity contribution in [3.05, 3.63) is 41.1 Å². The Hall–Kier alpha value is -2.43. The maximum Gasteiger partial charge on any atom is 0.339 e. The highest BCUT2D eigenvalue weighted by atomic mass is 16.5. The smallest absolute Gasteiger partial charge is 0.339 e. The van der Waals surface area contributed by atoms with Crippen molar-refractivity contribution < 1.29 is 14.3 Å². The number of carbonyl (C=O) groups is 2. The summed E-state index contributed by atoms with van der Waals surface area (Å²) in [5, 5.41) is 3.66. The molecule has 27 heavy (non-hydrogen) atoms. The van der Waals surface area contributed by atoms with Crippen molar-refractivity contribution in [2.75, 3.05) is 6.61 Å². The van der Waals surface area contributed by atoms with E-state index in [1.807, 2.05) is 45.0 Å². The number of ether oxygens (including phenoxy) is 1. The molecule has 144 valence electrons. The number of esters is 1. The van der Waals surface area contributed by atoms with Gasteiger partial charge in [0.2, 0.25) is 0 Å². The van der Waals surface area contributed by atoms with Crippen LogP contribution >= 0.6 is 0 Å². The van der Waals surface area contributed by atoms with Crippen molar-refractivity contribution in [1.82, 2.24) is 10.3 Å². The van der Waals surface area contributed by atoms with Crippen LogP contribution in [0.1, 0.15) is 55.7 Å². The second-order valence-corrected chi connectivity index (χ2v) is 7.95. The molecule has 0 unspecified atom stereocenters. The van der Waals surface area contributed by atoms with Gasteiger partial charge in [0.15, 0.2) is 6.61 Å². The van der Waals surface area contributed by atoms with Gasteiger partial charge in [-0.2, -0.15) is 0 Å². The molecular formula is C22H28N2O3.